The lowest BCUT2D eigenvalue weighted by Crippen LogP contribution is -2.37. The van der Waals surface area contributed by atoms with Crippen molar-refractivity contribution in [2.24, 2.45) is 0 Å². The van der Waals surface area contributed by atoms with Crippen LogP contribution in [0.2, 0.25) is 0 Å². The first-order valence-electron chi connectivity index (χ1n) is 7.47. The molecule has 0 atom stereocenters. The van der Waals surface area contributed by atoms with Gasteiger partial charge in [0.1, 0.15) is 9.77 Å². The van der Waals surface area contributed by atoms with E-state index in [1.807, 2.05) is 0 Å². The Morgan fingerprint density at radius 1 is 1.10 bits per heavy atom. The predicted octanol–water partition coefficient (Wildman–Crippen LogP) is 2.25. The molecule has 1 amide bonds. The molecular weight excluding hydrogens is 308 g/mol. The zero-order valence-corrected chi connectivity index (χ0v) is 13.4. The topological polar surface area (TPSA) is 75.3 Å². The lowest BCUT2D eigenvalue weighted by molar-refractivity contribution is 0.0929. The molecule has 0 bridgehead atoms. The Labute approximate surface area is 129 Å². The average Bonchev–Trinajstić information content (AvgIpc) is 3.09. The van der Waals surface area contributed by atoms with Crippen molar-refractivity contribution in [1.29, 1.82) is 0 Å². The van der Waals surface area contributed by atoms with Gasteiger partial charge < -0.3 is 5.32 Å². The maximum atomic E-state index is 12.3. The average molecular weight is 328 g/mol. The summed E-state index contributed by atoms with van der Waals surface area (Å²) in [6, 6.07) is 1.75. The number of carbonyl (C=O) groups is 1. The van der Waals surface area contributed by atoms with Crippen LogP contribution in [0, 0.1) is 0 Å². The smallest absolute Gasteiger partial charge is 0.262 e. The highest BCUT2D eigenvalue weighted by Crippen LogP contribution is 2.27. The molecule has 2 fully saturated rings. The molecular formula is C14H20N2O3S2. The third-order valence-electron chi connectivity index (χ3n) is 3.96. The third kappa shape index (κ3) is 3.64. The molecule has 0 saturated heterocycles. The summed E-state index contributed by atoms with van der Waals surface area (Å²) in [7, 11) is -3.57. The van der Waals surface area contributed by atoms with Crippen LogP contribution in [-0.4, -0.2) is 26.4 Å². The van der Waals surface area contributed by atoms with E-state index in [-0.39, 0.29) is 22.9 Å². The Balaban J connectivity index is 1.73. The molecule has 3 rings (SSSR count). The van der Waals surface area contributed by atoms with Gasteiger partial charge in [0, 0.05) is 12.1 Å². The Hall–Kier alpha value is -0.920. The molecule has 0 spiro atoms. The molecule has 0 aromatic carbocycles. The Morgan fingerprint density at radius 3 is 2.48 bits per heavy atom. The van der Waals surface area contributed by atoms with Crippen LogP contribution >= 0.6 is 11.3 Å². The molecule has 0 radical (unpaired) electrons. The minimum absolute atomic E-state index is 0.0455. The van der Waals surface area contributed by atoms with E-state index >= 15 is 0 Å². The van der Waals surface area contributed by atoms with E-state index in [1.165, 1.54) is 23.8 Å². The first kappa shape index (κ1) is 15.0. The van der Waals surface area contributed by atoms with E-state index in [2.05, 4.69) is 10.0 Å². The third-order valence-corrected chi connectivity index (χ3v) is 6.57. The van der Waals surface area contributed by atoms with Gasteiger partial charge in [-0.05, 0) is 37.1 Å². The second kappa shape index (κ2) is 6.06. The Morgan fingerprint density at radius 2 is 1.81 bits per heavy atom. The lowest BCUT2D eigenvalue weighted by atomic mass is 9.95. The van der Waals surface area contributed by atoms with E-state index in [9.17, 15) is 13.2 Å². The van der Waals surface area contributed by atoms with Gasteiger partial charge in [-0.3, -0.25) is 4.79 Å². The molecule has 0 unspecified atom stereocenters. The lowest BCUT2D eigenvalue weighted by Gasteiger charge is -2.22. The Kier molecular flexibility index (Phi) is 4.33. The van der Waals surface area contributed by atoms with Crippen molar-refractivity contribution >= 4 is 27.3 Å². The molecule has 5 nitrogen and oxygen atoms in total. The minimum atomic E-state index is -3.57. The van der Waals surface area contributed by atoms with Crippen molar-refractivity contribution in [2.75, 3.05) is 0 Å². The largest absolute Gasteiger partial charge is 0.349 e. The van der Waals surface area contributed by atoms with Gasteiger partial charge >= 0.3 is 0 Å². The molecule has 0 aliphatic heterocycles. The highest BCUT2D eigenvalue weighted by atomic mass is 32.2. The summed E-state index contributed by atoms with van der Waals surface area (Å²) >= 11 is 1.19. The van der Waals surface area contributed by atoms with Gasteiger partial charge in [0.25, 0.3) is 5.91 Å². The van der Waals surface area contributed by atoms with Gasteiger partial charge in [-0.15, -0.1) is 11.3 Å². The fourth-order valence-electron chi connectivity index (χ4n) is 2.66. The van der Waals surface area contributed by atoms with Crippen LogP contribution in [0.1, 0.15) is 54.6 Å². The van der Waals surface area contributed by atoms with Gasteiger partial charge in [-0.25, -0.2) is 13.1 Å². The van der Waals surface area contributed by atoms with Crippen LogP contribution in [0.5, 0.6) is 0 Å². The summed E-state index contributed by atoms with van der Waals surface area (Å²) in [6.07, 6.45) is 7.21. The summed E-state index contributed by atoms with van der Waals surface area (Å²) in [5.74, 6) is -0.256. The highest BCUT2D eigenvalue weighted by molar-refractivity contribution is 7.89. The molecule has 2 saturated carbocycles. The SMILES string of the molecule is O=C(NC1CCCCC1)c1sccc1S(=O)(=O)NC1CC1. The van der Waals surface area contributed by atoms with E-state index in [1.54, 1.807) is 5.38 Å². The van der Waals surface area contributed by atoms with Crippen LogP contribution in [0.3, 0.4) is 0 Å². The number of amides is 1. The van der Waals surface area contributed by atoms with Crippen molar-refractivity contribution in [2.45, 2.75) is 61.9 Å². The first-order chi connectivity index (χ1) is 10.1. The van der Waals surface area contributed by atoms with Crippen LogP contribution in [0.4, 0.5) is 0 Å². The van der Waals surface area contributed by atoms with Crippen LogP contribution in [0.15, 0.2) is 16.3 Å². The second-order valence-electron chi connectivity index (χ2n) is 5.82. The van der Waals surface area contributed by atoms with E-state index in [4.69, 9.17) is 0 Å². The molecule has 116 valence electrons. The molecule has 2 aliphatic rings. The molecule has 7 heteroatoms. The maximum Gasteiger partial charge on any atom is 0.262 e. The quantitative estimate of drug-likeness (QED) is 0.870. The number of hydrogen-bond acceptors (Lipinski definition) is 4. The van der Waals surface area contributed by atoms with Crippen molar-refractivity contribution in [1.82, 2.24) is 10.0 Å². The van der Waals surface area contributed by atoms with Crippen molar-refractivity contribution in [3.8, 4) is 0 Å². The van der Waals surface area contributed by atoms with Crippen molar-refractivity contribution in [3.05, 3.63) is 16.3 Å². The summed E-state index contributed by atoms with van der Waals surface area (Å²) in [6.45, 7) is 0. The summed E-state index contributed by atoms with van der Waals surface area (Å²) < 4.78 is 27.2. The summed E-state index contributed by atoms with van der Waals surface area (Å²) in [5, 5.41) is 4.65. The summed E-state index contributed by atoms with van der Waals surface area (Å²) in [4.78, 5) is 12.8. The van der Waals surface area contributed by atoms with E-state index in [0.29, 0.717) is 4.88 Å². The zero-order valence-electron chi connectivity index (χ0n) is 11.8. The molecule has 1 aromatic rings. The standard InChI is InChI=1S/C14H20N2O3S2/c17-14(15-10-4-2-1-3-5-10)13-12(8-9-20-13)21(18,19)16-11-6-7-11/h8-11,16H,1-7H2,(H,15,17). The molecule has 1 heterocycles. The van der Waals surface area contributed by atoms with Gasteiger partial charge in [0.15, 0.2) is 0 Å². The Bertz CT molecular complexity index is 614. The van der Waals surface area contributed by atoms with Crippen LogP contribution < -0.4 is 10.0 Å². The minimum Gasteiger partial charge on any atom is -0.349 e. The van der Waals surface area contributed by atoms with Crippen molar-refractivity contribution in [3.63, 3.8) is 0 Å². The summed E-state index contributed by atoms with van der Waals surface area (Å²) in [5.41, 5.74) is 0. The zero-order chi connectivity index (χ0) is 14.9. The number of nitrogens with one attached hydrogen (secondary N) is 2. The normalized spacial score (nSPS) is 20.4. The first-order valence-corrected chi connectivity index (χ1v) is 9.83. The van der Waals surface area contributed by atoms with Crippen molar-refractivity contribution < 1.29 is 13.2 Å². The number of sulfonamides is 1. The molecule has 21 heavy (non-hydrogen) atoms. The number of thiophene rings is 1. The molecule has 1 aromatic heterocycles. The van der Waals surface area contributed by atoms with Crippen LogP contribution in [-0.2, 0) is 10.0 Å². The predicted molar refractivity (Wildman–Crippen MR) is 82.0 cm³/mol. The molecule has 2 N–H and O–H groups in total. The maximum absolute atomic E-state index is 12.3. The van der Waals surface area contributed by atoms with Gasteiger partial charge in [-0.1, -0.05) is 19.3 Å². The molecule has 2 aliphatic carbocycles. The van der Waals surface area contributed by atoms with Gasteiger partial charge in [-0.2, -0.15) is 0 Å². The number of hydrogen-bond donors (Lipinski definition) is 2. The van der Waals surface area contributed by atoms with Gasteiger partial charge in [0.05, 0.1) is 0 Å². The number of rotatable bonds is 5. The fraction of sp³-hybridized carbons (Fsp3) is 0.643. The highest BCUT2D eigenvalue weighted by Gasteiger charge is 2.31. The van der Waals surface area contributed by atoms with Gasteiger partial charge in [0.2, 0.25) is 10.0 Å². The number of carbonyl (C=O) groups excluding carboxylic acids is 1. The second-order valence-corrected chi connectivity index (χ2v) is 8.42. The monoisotopic (exact) mass is 328 g/mol. The van der Waals surface area contributed by atoms with Crippen LogP contribution in [0.25, 0.3) is 0 Å². The van der Waals surface area contributed by atoms with E-state index < -0.39 is 10.0 Å². The van der Waals surface area contributed by atoms with E-state index in [0.717, 1.165) is 38.5 Å². The fourth-order valence-corrected chi connectivity index (χ4v) is 5.29.